The first-order valence-corrected chi connectivity index (χ1v) is 15.4. The van der Waals surface area contributed by atoms with Crippen LogP contribution in [0.25, 0.3) is 0 Å². The minimum atomic E-state index is -2.09. The molecule has 0 aliphatic carbocycles. The van der Waals surface area contributed by atoms with Crippen molar-refractivity contribution in [2.24, 2.45) is 0 Å². The molecule has 2 heterocycles. The number of ether oxygens (including phenoxy) is 2. The van der Waals surface area contributed by atoms with Crippen molar-refractivity contribution in [1.29, 1.82) is 0 Å². The van der Waals surface area contributed by atoms with E-state index in [-0.39, 0.29) is 36.1 Å². The largest absolute Gasteiger partial charge is 0.497 e. The fourth-order valence-corrected chi connectivity index (χ4v) is 5.10. The van der Waals surface area contributed by atoms with E-state index < -0.39 is 38.0 Å². The highest BCUT2D eigenvalue weighted by Gasteiger charge is 2.42. The average Bonchev–Trinajstić information content (AvgIpc) is 3.41. The van der Waals surface area contributed by atoms with E-state index in [4.69, 9.17) is 13.9 Å². The Bertz CT molecular complexity index is 1270. The Morgan fingerprint density at radius 2 is 1.76 bits per heavy atom. The highest BCUT2D eigenvalue weighted by atomic mass is 28.4. The minimum absolute atomic E-state index is 0.00858. The van der Waals surface area contributed by atoms with Gasteiger partial charge in [-0.15, -0.1) is 10.2 Å². The number of hydrogen-bond donors (Lipinski definition) is 1. The third kappa shape index (κ3) is 5.73. The van der Waals surface area contributed by atoms with E-state index in [9.17, 15) is 4.79 Å². The maximum atomic E-state index is 15.2. The summed E-state index contributed by atoms with van der Waals surface area (Å²) in [6.45, 7) is 11.1. The zero-order chi connectivity index (χ0) is 27.7. The summed E-state index contributed by atoms with van der Waals surface area (Å²) in [5.74, 6) is -1.34. The van der Waals surface area contributed by atoms with Crippen molar-refractivity contribution in [2.45, 2.75) is 70.6 Å². The normalized spacial score (nSPS) is 17.3. The van der Waals surface area contributed by atoms with Gasteiger partial charge in [0.15, 0.2) is 20.0 Å². The molecule has 0 saturated carbocycles. The molecule has 4 rings (SSSR count). The Labute approximate surface area is 222 Å². The maximum Gasteiger partial charge on any atom is 0.408 e. The summed E-state index contributed by atoms with van der Waals surface area (Å²) >= 11 is 0. The van der Waals surface area contributed by atoms with E-state index in [1.807, 2.05) is 30.3 Å². The number of benzene rings is 2. The van der Waals surface area contributed by atoms with Crippen molar-refractivity contribution >= 4 is 14.4 Å². The number of rotatable bonds is 8. The fourth-order valence-electron chi connectivity index (χ4n) is 4.18. The van der Waals surface area contributed by atoms with Crippen LogP contribution in [-0.4, -0.2) is 36.3 Å². The number of nitrogens with one attached hydrogen (secondary N) is 1. The molecule has 0 spiro atoms. The van der Waals surface area contributed by atoms with Crippen LogP contribution in [0.1, 0.15) is 55.5 Å². The number of amides is 1. The Balaban J connectivity index is 1.61. The van der Waals surface area contributed by atoms with Crippen molar-refractivity contribution in [3.8, 4) is 5.75 Å². The van der Waals surface area contributed by atoms with E-state index in [1.54, 1.807) is 4.57 Å². The van der Waals surface area contributed by atoms with Crippen molar-refractivity contribution in [2.75, 3.05) is 7.11 Å². The number of carbonyl (C=O) groups excluding carboxylic acids is 1. The van der Waals surface area contributed by atoms with Gasteiger partial charge in [0.25, 0.3) is 0 Å². The standard InChI is InChI=1S/C27H34F2N4O4Si/c1-27(2,3)38(5,6)37-16-22-31-32-25-24(30-26(34)36-15-17-10-8-7-9-11-17)19(14-33(22)25)23-20(28)12-18(35-4)13-21(23)29/h7-13,19,24H,14-16H2,1-6H3,(H,30,34)/t19-,24-/m0/s1. The van der Waals surface area contributed by atoms with Crippen LogP contribution in [0.2, 0.25) is 18.1 Å². The summed E-state index contributed by atoms with van der Waals surface area (Å²) in [7, 11) is -0.754. The van der Waals surface area contributed by atoms with Crippen LogP contribution in [-0.2, 0) is 28.9 Å². The van der Waals surface area contributed by atoms with E-state index in [0.29, 0.717) is 11.6 Å². The summed E-state index contributed by atoms with van der Waals surface area (Å²) in [5, 5.41) is 11.3. The first-order chi connectivity index (χ1) is 17.9. The van der Waals surface area contributed by atoms with Gasteiger partial charge in [-0.2, -0.15) is 0 Å². The lowest BCUT2D eigenvalue weighted by molar-refractivity contribution is 0.134. The van der Waals surface area contributed by atoms with Crippen molar-refractivity contribution in [1.82, 2.24) is 20.1 Å². The number of carbonyl (C=O) groups is 1. The molecular formula is C27H34F2N4O4Si. The Kier molecular flexibility index (Phi) is 7.89. The monoisotopic (exact) mass is 544 g/mol. The second-order valence-corrected chi connectivity index (χ2v) is 15.7. The summed E-state index contributed by atoms with van der Waals surface area (Å²) in [6.07, 6.45) is -0.728. The van der Waals surface area contributed by atoms with Gasteiger partial charge in [-0.05, 0) is 23.7 Å². The number of methoxy groups -OCH3 is 1. The fraction of sp³-hybridized carbons (Fsp3) is 0.444. The highest BCUT2D eigenvalue weighted by Crippen LogP contribution is 2.42. The predicted octanol–water partition coefficient (Wildman–Crippen LogP) is 5.85. The first-order valence-electron chi connectivity index (χ1n) is 12.5. The molecule has 3 aromatic rings. The van der Waals surface area contributed by atoms with Gasteiger partial charge in [0.1, 0.15) is 30.0 Å². The number of hydrogen-bond acceptors (Lipinski definition) is 6. The van der Waals surface area contributed by atoms with Crippen LogP contribution in [0, 0.1) is 11.6 Å². The Hall–Kier alpha value is -3.31. The van der Waals surface area contributed by atoms with Gasteiger partial charge in [0, 0.05) is 30.2 Å². The van der Waals surface area contributed by atoms with Crippen LogP contribution in [0.4, 0.5) is 13.6 Å². The van der Waals surface area contributed by atoms with E-state index >= 15 is 8.78 Å². The zero-order valence-electron chi connectivity index (χ0n) is 22.5. The van der Waals surface area contributed by atoms with Gasteiger partial charge >= 0.3 is 6.09 Å². The van der Waals surface area contributed by atoms with Gasteiger partial charge in [-0.25, -0.2) is 13.6 Å². The number of nitrogens with zero attached hydrogens (tertiary/aromatic N) is 3. The molecule has 0 unspecified atom stereocenters. The molecule has 1 amide bonds. The lowest BCUT2D eigenvalue weighted by Gasteiger charge is -2.35. The highest BCUT2D eigenvalue weighted by molar-refractivity contribution is 6.74. The summed E-state index contributed by atoms with van der Waals surface area (Å²) in [5.41, 5.74) is 0.645. The summed E-state index contributed by atoms with van der Waals surface area (Å²) in [4.78, 5) is 12.8. The van der Waals surface area contributed by atoms with E-state index in [1.165, 1.54) is 7.11 Å². The Morgan fingerprint density at radius 3 is 2.37 bits per heavy atom. The molecule has 0 radical (unpaired) electrons. The topological polar surface area (TPSA) is 87.5 Å². The molecule has 1 aliphatic rings. The van der Waals surface area contributed by atoms with E-state index in [0.717, 1.165) is 17.7 Å². The summed E-state index contributed by atoms with van der Waals surface area (Å²) < 4.78 is 48.8. The zero-order valence-corrected chi connectivity index (χ0v) is 23.5. The lowest BCUT2D eigenvalue weighted by Crippen LogP contribution is -2.40. The molecule has 0 fully saturated rings. The molecule has 0 bridgehead atoms. The van der Waals surface area contributed by atoms with Gasteiger partial charge < -0.3 is 23.8 Å². The smallest absolute Gasteiger partial charge is 0.408 e. The molecule has 204 valence electrons. The quantitative estimate of drug-likeness (QED) is 0.358. The average molecular weight is 545 g/mol. The van der Waals surface area contributed by atoms with Crippen molar-refractivity contribution < 1.29 is 27.5 Å². The SMILES string of the molecule is COc1cc(F)c([C@@H]2Cn3c(CO[Si](C)(C)C(C)(C)C)nnc3[C@H]2NC(=O)OCc2ccccc2)c(F)c1. The lowest BCUT2D eigenvalue weighted by atomic mass is 9.92. The van der Waals surface area contributed by atoms with Gasteiger partial charge in [-0.3, -0.25) is 0 Å². The number of halogens is 2. The van der Waals surface area contributed by atoms with Crippen LogP contribution in [0.15, 0.2) is 42.5 Å². The third-order valence-corrected chi connectivity index (χ3v) is 11.9. The first kappa shape index (κ1) is 27.7. The Morgan fingerprint density at radius 1 is 1.11 bits per heavy atom. The van der Waals surface area contributed by atoms with Crippen molar-refractivity contribution in [3.05, 3.63) is 76.9 Å². The minimum Gasteiger partial charge on any atom is -0.497 e. The van der Waals surface area contributed by atoms with Crippen LogP contribution < -0.4 is 10.1 Å². The molecule has 1 aromatic heterocycles. The maximum absolute atomic E-state index is 15.2. The van der Waals surface area contributed by atoms with Crippen LogP contribution >= 0.6 is 0 Å². The number of fused-ring (bicyclic) bond motifs is 1. The molecule has 0 saturated heterocycles. The van der Waals surface area contributed by atoms with Gasteiger partial charge in [0.2, 0.25) is 0 Å². The van der Waals surface area contributed by atoms with Crippen LogP contribution in [0.5, 0.6) is 5.75 Å². The molecular weight excluding hydrogens is 510 g/mol. The number of alkyl carbamates (subject to hydrolysis) is 1. The van der Waals surface area contributed by atoms with Gasteiger partial charge in [-0.1, -0.05) is 51.1 Å². The second-order valence-electron chi connectivity index (χ2n) is 10.9. The molecule has 2 atom stereocenters. The molecule has 1 N–H and O–H groups in total. The van der Waals surface area contributed by atoms with Gasteiger partial charge in [0.05, 0.1) is 13.7 Å². The molecule has 1 aliphatic heterocycles. The second kappa shape index (κ2) is 10.8. The van der Waals surface area contributed by atoms with E-state index in [2.05, 4.69) is 49.4 Å². The molecule has 8 nitrogen and oxygen atoms in total. The third-order valence-electron chi connectivity index (χ3n) is 7.43. The number of aromatic nitrogens is 3. The molecule has 11 heteroatoms. The molecule has 2 aromatic carbocycles. The predicted molar refractivity (Wildman–Crippen MR) is 140 cm³/mol. The van der Waals surface area contributed by atoms with Crippen molar-refractivity contribution in [3.63, 3.8) is 0 Å². The summed E-state index contributed by atoms with van der Waals surface area (Å²) in [6, 6.07) is 10.6. The van der Waals surface area contributed by atoms with Crippen LogP contribution in [0.3, 0.4) is 0 Å². The molecule has 38 heavy (non-hydrogen) atoms.